The molecule has 2 rings (SSSR count). The van der Waals surface area contributed by atoms with Crippen LogP contribution in [0.5, 0.6) is 0 Å². The molecule has 0 saturated carbocycles. The van der Waals surface area contributed by atoms with Gasteiger partial charge >= 0.3 is 0 Å². The first kappa shape index (κ1) is 16.4. The number of halogens is 1. The van der Waals surface area contributed by atoms with Gasteiger partial charge < -0.3 is 10.6 Å². The molecule has 2 N–H and O–H groups in total. The topological polar surface area (TPSA) is 84.3 Å². The molecule has 0 aliphatic rings. The highest BCUT2D eigenvalue weighted by Crippen LogP contribution is 2.24. The zero-order valence-electron chi connectivity index (χ0n) is 11.5. The molecule has 0 aliphatic heterocycles. The highest BCUT2D eigenvalue weighted by Gasteiger charge is 2.12. The summed E-state index contributed by atoms with van der Waals surface area (Å²) in [5.41, 5.74) is 0.660. The summed E-state index contributed by atoms with van der Waals surface area (Å²) in [7, 11) is 0. The standard InChI is InChI=1S/C14H14ClN3O3S/c15-11-4-3-10(8-12(11)18(20)21)9-16-5-6-17-14(19)13-2-1-7-22-13/h1-4,7-8,16H,5-6,9H2,(H,17,19). The van der Waals surface area contributed by atoms with Crippen molar-refractivity contribution in [2.45, 2.75) is 6.54 Å². The SMILES string of the molecule is O=C(NCCNCc1ccc(Cl)c([N+](=O)[O-])c1)c1cccs1. The first-order chi connectivity index (χ1) is 10.6. The van der Waals surface area contributed by atoms with E-state index in [-0.39, 0.29) is 16.6 Å². The Morgan fingerprint density at radius 2 is 2.14 bits per heavy atom. The van der Waals surface area contributed by atoms with Crippen LogP contribution in [0.2, 0.25) is 5.02 Å². The molecular weight excluding hydrogens is 326 g/mol. The molecule has 0 atom stereocenters. The van der Waals surface area contributed by atoms with Crippen molar-refractivity contribution in [1.82, 2.24) is 10.6 Å². The van der Waals surface area contributed by atoms with Crippen LogP contribution in [-0.2, 0) is 6.54 Å². The van der Waals surface area contributed by atoms with E-state index in [0.717, 1.165) is 5.56 Å². The van der Waals surface area contributed by atoms with Crippen LogP contribution < -0.4 is 10.6 Å². The van der Waals surface area contributed by atoms with Gasteiger partial charge in [-0.2, -0.15) is 0 Å². The summed E-state index contributed by atoms with van der Waals surface area (Å²) in [6, 6.07) is 8.27. The maximum Gasteiger partial charge on any atom is 0.288 e. The van der Waals surface area contributed by atoms with Crippen molar-refractivity contribution in [3.05, 3.63) is 61.3 Å². The fraction of sp³-hybridized carbons (Fsp3) is 0.214. The van der Waals surface area contributed by atoms with Gasteiger partial charge in [0.25, 0.3) is 11.6 Å². The van der Waals surface area contributed by atoms with Crippen molar-refractivity contribution in [2.75, 3.05) is 13.1 Å². The van der Waals surface area contributed by atoms with E-state index in [0.29, 0.717) is 24.5 Å². The molecule has 0 aliphatic carbocycles. The lowest BCUT2D eigenvalue weighted by atomic mass is 10.2. The van der Waals surface area contributed by atoms with Gasteiger partial charge in [0, 0.05) is 25.7 Å². The third-order valence-corrected chi connectivity index (χ3v) is 4.06. The lowest BCUT2D eigenvalue weighted by Gasteiger charge is -2.06. The number of carbonyl (C=O) groups excluding carboxylic acids is 1. The van der Waals surface area contributed by atoms with Crippen LogP contribution in [0.4, 0.5) is 5.69 Å². The lowest BCUT2D eigenvalue weighted by molar-refractivity contribution is -0.384. The first-order valence-corrected chi connectivity index (χ1v) is 7.79. The van der Waals surface area contributed by atoms with E-state index in [1.54, 1.807) is 12.1 Å². The van der Waals surface area contributed by atoms with Crippen LogP contribution >= 0.6 is 22.9 Å². The number of nitro benzene ring substituents is 1. The fourth-order valence-corrected chi connectivity index (χ4v) is 2.63. The van der Waals surface area contributed by atoms with Crippen molar-refractivity contribution in [3.8, 4) is 0 Å². The molecule has 0 spiro atoms. The van der Waals surface area contributed by atoms with Crippen molar-refractivity contribution in [3.63, 3.8) is 0 Å². The molecule has 1 heterocycles. The van der Waals surface area contributed by atoms with E-state index >= 15 is 0 Å². The van der Waals surface area contributed by atoms with Crippen LogP contribution in [0, 0.1) is 10.1 Å². The third-order valence-electron chi connectivity index (χ3n) is 2.87. The molecule has 1 aromatic heterocycles. The quantitative estimate of drug-likeness (QED) is 0.461. The summed E-state index contributed by atoms with van der Waals surface area (Å²) in [6.45, 7) is 1.51. The van der Waals surface area contributed by atoms with Gasteiger partial charge in [0.1, 0.15) is 5.02 Å². The fourth-order valence-electron chi connectivity index (χ4n) is 1.80. The monoisotopic (exact) mass is 339 g/mol. The number of hydrogen-bond donors (Lipinski definition) is 2. The lowest BCUT2D eigenvalue weighted by Crippen LogP contribution is -2.31. The maximum atomic E-state index is 11.7. The van der Waals surface area contributed by atoms with Gasteiger partial charge in [-0.15, -0.1) is 11.3 Å². The molecule has 0 saturated heterocycles. The predicted molar refractivity (Wildman–Crippen MR) is 86.5 cm³/mol. The highest BCUT2D eigenvalue weighted by molar-refractivity contribution is 7.12. The summed E-state index contributed by atoms with van der Waals surface area (Å²) in [6.07, 6.45) is 0. The van der Waals surface area contributed by atoms with E-state index in [9.17, 15) is 14.9 Å². The van der Waals surface area contributed by atoms with Crippen molar-refractivity contribution < 1.29 is 9.72 Å². The second-order valence-electron chi connectivity index (χ2n) is 4.45. The summed E-state index contributed by atoms with van der Waals surface area (Å²) in [5.74, 6) is -0.0982. The summed E-state index contributed by atoms with van der Waals surface area (Å²) in [4.78, 5) is 22.6. The van der Waals surface area contributed by atoms with Crippen LogP contribution in [0.1, 0.15) is 15.2 Å². The summed E-state index contributed by atoms with van der Waals surface area (Å²) < 4.78 is 0. The predicted octanol–water partition coefficient (Wildman–Crippen LogP) is 2.83. The van der Waals surface area contributed by atoms with E-state index in [4.69, 9.17) is 11.6 Å². The van der Waals surface area contributed by atoms with Crippen molar-refractivity contribution in [1.29, 1.82) is 0 Å². The van der Waals surface area contributed by atoms with E-state index < -0.39 is 4.92 Å². The highest BCUT2D eigenvalue weighted by atomic mass is 35.5. The minimum absolute atomic E-state index is 0.0982. The average molecular weight is 340 g/mol. The smallest absolute Gasteiger partial charge is 0.288 e. The zero-order valence-corrected chi connectivity index (χ0v) is 13.1. The summed E-state index contributed by atoms with van der Waals surface area (Å²) in [5, 5.41) is 18.7. The Kier molecular flexibility index (Phi) is 5.88. The number of thiophene rings is 1. The normalized spacial score (nSPS) is 10.4. The van der Waals surface area contributed by atoms with Gasteiger partial charge in [-0.3, -0.25) is 14.9 Å². The van der Waals surface area contributed by atoms with Crippen LogP contribution in [0.25, 0.3) is 0 Å². The molecule has 2 aromatic rings. The Morgan fingerprint density at radius 3 is 2.82 bits per heavy atom. The van der Waals surface area contributed by atoms with Crippen molar-refractivity contribution >= 4 is 34.5 Å². The van der Waals surface area contributed by atoms with E-state index in [2.05, 4.69) is 10.6 Å². The molecule has 22 heavy (non-hydrogen) atoms. The Labute approximate surface area is 136 Å². The Bertz CT molecular complexity index is 661. The molecule has 0 radical (unpaired) electrons. The van der Waals surface area contributed by atoms with Crippen LogP contribution in [0.15, 0.2) is 35.7 Å². The number of nitro groups is 1. The van der Waals surface area contributed by atoms with Crippen LogP contribution in [-0.4, -0.2) is 23.9 Å². The molecule has 0 fully saturated rings. The second kappa shape index (κ2) is 7.88. The Hall–Kier alpha value is -1.96. The van der Waals surface area contributed by atoms with E-state index in [1.807, 2.05) is 11.4 Å². The zero-order chi connectivity index (χ0) is 15.9. The largest absolute Gasteiger partial charge is 0.350 e. The second-order valence-corrected chi connectivity index (χ2v) is 5.81. The third kappa shape index (κ3) is 4.52. The number of carbonyl (C=O) groups is 1. The molecule has 1 aromatic carbocycles. The van der Waals surface area contributed by atoms with Gasteiger partial charge in [-0.25, -0.2) is 0 Å². The van der Waals surface area contributed by atoms with Crippen molar-refractivity contribution in [2.24, 2.45) is 0 Å². The molecule has 0 unspecified atom stereocenters. The van der Waals surface area contributed by atoms with Gasteiger partial charge in [-0.1, -0.05) is 23.7 Å². The maximum absolute atomic E-state index is 11.7. The molecule has 0 bridgehead atoms. The number of hydrogen-bond acceptors (Lipinski definition) is 5. The first-order valence-electron chi connectivity index (χ1n) is 6.53. The molecular formula is C14H14ClN3O3S. The van der Waals surface area contributed by atoms with Gasteiger partial charge in [-0.05, 0) is 23.1 Å². The Morgan fingerprint density at radius 1 is 1.32 bits per heavy atom. The van der Waals surface area contributed by atoms with E-state index in [1.165, 1.54) is 23.5 Å². The van der Waals surface area contributed by atoms with Gasteiger partial charge in [0.05, 0.1) is 9.80 Å². The molecule has 1 amide bonds. The molecule has 8 heteroatoms. The number of nitrogens with one attached hydrogen (secondary N) is 2. The molecule has 6 nitrogen and oxygen atoms in total. The molecule has 116 valence electrons. The average Bonchev–Trinajstić information content (AvgIpc) is 3.02. The number of amides is 1. The number of nitrogens with zero attached hydrogens (tertiary/aromatic N) is 1. The number of rotatable bonds is 7. The minimum Gasteiger partial charge on any atom is -0.350 e. The van der Waals surface area contributed by atoms with Crippen LogP contribution in [0.3, 0.4) is 0 Å². The Balaban J connectivity index is 1.74. The summed E-state index contributed by atoms with van der Waals surface area (Å²) >= 11 is 7.14. The van der Waals surface area contributed by atoms with Gasteiger partial charge in [0.15, 0.2) is 0 Å². The van der Waals surface area contributed by atoms with Gasteiger partial charge in [0.2, 0.25) is 0 Å². The number of benzene rings is 1. The minimum atomic E-state index is -0.507.